The Morgan fingerprint density at radius 2 is 1.88 bits per heavy atom. The monoisotopic (exact) mass is 342 g/mol. The standard InChI is InChI=1S/C18H22N4O3/c1-13-11-21(16-6-4-14(5-7-16)18(24)25-3)8-9-22(13)17(23)15-10-19-20(2)12-15/h4-7,10,12-13H,8-9,11H2,1-3H3. The number of hydrogen-bond donors (Lipinski definition) is 0. The minimum atomic E-state index is -0.341. The lowest BCUT2D eigenvalue weighted by molar-refractivity contribution is 0.0599. The van der Waals surface area contributed by atoms with Crippen molar-refractivity contribution in [3.05, 3.63) is 47.8 Å². The van der Waals surface area contributed by atoms with Crippen LogP contribution in [0.3, 0.4) is 0 Å². The molecule has 25 heavy (non-hydrogen) atoms. The van der Waals surface area contributed by atoms with Crippen molar-refractivity contribution in [2.45, 2.75) is 13.0 Å². The normalized spacial score (nSPS) is 17.5. The van der Waals surface area contributed by atoms with E-state index in [1.165, 1.54) is 7.11 Å². The van der Waals surface area contributed by atoms with Gasteiger partial charge in [0.25, 0.3) is 5.91 Å². The van der Waals surface area contributed by atoms with Crippen LogP contribution in [0, 0.1) is 0 Å². The van der Waals surface area contributed by atoms with E-state index in [0.717, 1.165) is 18.8 Å². The minimum absolute atomic E-state index is 0.0151. The molecule has 1 aromatic heterocycles. The predicted octanol–water partition coefficient (Wildman–Crippen LogP) is 1.56. The van der Waals surface area contributed by atoms with Crippen molar-refractivity contribution in [1.29, 1.82) is 0 Å². The summed E-state index contributed by atoms with van der Waals surface area (Å²) in [6.07, 6.45) is 3.35. The summed E-state index contributed by atoms with van der Waals surface area (Å²) in [4.78, 5) is 28.2. The lowest BCUT2D eigenvalue weighted by atomic mass is 10.1. The van der Waals surface area contributed by atoms with Crippen molar-refractivity contribution >= 4 is 17.6 Å². The van der Waals surface area contributed by atoms with E-state index in [0.29, 0.717) is 17.7 Å². The summed E-state index contributed by atoms with van der Waals surface area (Å²) in [5.41, 5.74) is 2.18. The van der Waals surface area contributed by atoms with Gasteiger partial charge in [-0.2, -0.15) is 5.10 Å². The van der Waals surface area contributed by atoms with Crippen molar-refractivity contribution in [1.82, 2.24) is 14.7 Å². The highest BCUT2D eigenvalue weighted by Crippen LogP contribution is 2.21. The molecular formula is C18H22N4O3. The smallest absolute Gasteiger partial charge is 0.337 e. The van der Waals surface area contributed by atoms with Crippen LogP contribution in [-0.4, -0.2) is 59.3 Å². The van der Waals surface area contributed by atoms with Crippen LogP contribution in [0.5, 0.6) is 0 Å². The molecule has 1 unspecified atom stereocenters. The Labute approximate surface area is 146 Å². The topological polar surface area (TPSA) is 67.7 Å². The molecule has 1 aliphatic heterocycles. The summed E-state index contributed by atoms with van der Waals surface area (Å²) in [6.45, 7) is 4.17. The minimum Gasteiger partial charge on any atom is -0.465 e. The molecule has 1 saturated heterocycles. The number of esters is 1. The molecule has 0 aliphatic carbocycles. The van der Waals surface area contributed by atoms with E-state index in [2.05, 4.69) is 10.00 Å². The molecule has 2 heterocycles. The summed E-state index contributed by atoms with van der Waals surface area (Å²) < 4.78 is 6.36. The number of hydrogen-bond acceptors (Lipinski definition) is 5. The third-order valence-electron chi connectivity index (χ3n) is 4.49. The zero-order valence-electron chi connectivity index (χ0n) is 14.7. The lowest BCUT2D eigenvalue weighted by Crippen LogP contribution is -2.54. The highest BCUT2D eigenvalue weighted by molar-refractivity contribution is 5.94. The van der Waals surface area contributed by atoms with Gasteiger partial charge in [0.2, 0.25) is 0 Å². The molecule has 7 nitrogen and oxygen atoms in total. The fourth-order valence-electron chi connectivity index (χ4n) is 3.12. The first-order chi connectivity index (χ1) is 12.0. The molecule has 0 bridgehead atoms. The number of nitrogens with zero attached hydrogens (tertiary/aromatic N) is 4. The number of benzene rings is 1. The maximum atomic E-state index is 12.6. The second-order valence-corrected chi connectivity index (χ2v) is 6.23. The van der Waals surface area contributed by atoms with Crippen LogP contribution in [0.15, 0.2) is 36.7 Å². The van der Waals surface area contributed by atoms with Gasteiger partial charge in [0.05, 0.1) is 24.4 Å². The van der Waals surface area contributed by atoms with Crippen LogP contribution < -0.4 is 4.90 Å². The van der Waals surface area contributed by atoms with Gasteiger partial charge in [-0.3, -0.25) is 9.48 Å². The number of aromatic nitrogens is 2. The number of anilines is 1. The molecule has 1 amide bonds. The molecule has 7 heteroatoms. The van der Waals surface area contributed by atoms with Gasteiger partial charge in [-0.1, -0.05) is 0 Å². The molecule has 0 radical (unpaired) electrons. The van der Waals surface area contributed by atoms with Gasteiger partial charge < -0.3 is 14.5 Å². The Morgan fingerprint density at radius 1 is 1.16 bits per heavy atom. The van der Waals surface area contributed by atoms with Crippen molar-refractivity contribution in [3.8, 4) is 0 Å². The van der Waals surface area contributed by atoms with Gasteiger partial charge >= 0.3 is 5.97 Å². The fourth-order valence-corrected chi connectivity index (χ4v) is 3.12. The first-order valence-corrected chi connectivity index (χ1v) is 8.22. The Hall–Kier alpha value is -2.83. The SMILES string of the molecule is COC(=O)c1ccc(N2CCN(C(=O)c3cnn(C)c3)C(C)C2)cc1. The van der Waals surface area contributed by atoms with E-state index >= 15 is 0 Å². The predicted molar refractivity (Wildman–Crippen MR) is 93.7 cm³/mol. The zero-order chi connectivity index (χ0) is 18.0. The molecule has 1 aromatic carbocycles. The molecule has 1 atom stereocenters. The Kier molecular flexibility index (Phi) is 4.74. The number of rotatable bonds is 3. The zero-order valence-corrected chi connectivity index (χ0v) is 14.7. The molecule has 1 aliphatic rings. The first kappa shape index (κ1) is 17.0. The summed E-state index contributed by atoms with van der Waals surface area (Å²) in [5.74, 6) is -0.326. The Morgan fingerprint density at radius 3 is 2.44 bits per heavy atom. The highest BCUT2D eigenvalue weighted by Gasteiger charge is 2.28. The molecule has 3 rings (SSSR count). The fraction of sp³-hybridized carbons (Fsp3) is 0.389. The maximum absolute atomic E-state index is 12.6. The van der Waals surface area contributed by atoms with Crippen LogP contribution in [0.2, 0.25) is 0 Å². The largest absolute Gasteiger partial charge is 0.465 e. The number of piperazine rings is 1. The lowest BCUT2D eigenvalue weighted by Gasteiger charge is -2.41. The van der Waals surface area contributed by atoms with Crippen LogP contribution in [0.25, 0.3) is 0 Å². The van der Waals surface area contributed by atoms with Crippen LogP contribution in [0.4, 0.5) is 5.69 Å². The molecule has 2 aromatic rings. The average Bonchev–Trinajstić information content (AvgIpc) is 3.07. The number of methoxy groups -OCH3 is 1. The summed E-state index contributed by atoms with van der Waals surface area (Å²) in [7, 11) is 3.17. The van der Waals surface area contributed by atoms with E-state index in [4.69, 9.17) is 4.74 Å². The number of ether oxygens (including phenoxy) is 1. The molecule has 1 fully saturated rings. The van der Waals surface area contributed by atoms with Gasteiger partial charge in [0, 0.05) is 44.6 Å². The van der Waals surface area contributed by atoms with Crippen molar-refractivity contribution in [2.24, 2.45) is 7.05 Å². The first-order valence-electron chi connectivity index (χ1n) is 8.22. The Balaban J connectivity index is 1.67. The number of carbonyl (C=O) groups is 2. The second-order valence-electron chi connectivity index (χ2n) is 6.23. The van der Waals surface area contributed by atoms with E-state index in [1.54, 1.807) is 36.3 Å². The van der Waals surface area contributed by atoms with Crippen molar-refractivity contribution < 1.29 is 14.3 Å². The number of carbonyl (C=O) groups excluding carboxylic acids is 2. The van der Waals surface area contributed by atoms with Gasteiger partial charge in [-0.15, -0.1) is 0 Å². The van der Waals surface area contributed by atoms with E-state index in [-0.39, 0.29) is 17.9 Å². The highest BCUT2D eigenvalue weighted by atomic mass is 16.5. The van der Waals surface area contributed by atoms with Crippen LogP contribution >= 0.6 is 0 Å². The second kappa shape index (κ2) is 6.96. The van der Waals surface area contributed by atoms with E-state index in [9.17, 15) is 9.59 Å². The molecule has 0 N–H and O–H groups in total. The van der Waals surface area contributed by atoms with Crippen molar-refractivity contribution in [2.75, 3.05) is 31.6 Å². The number of amides is 1. The van der Waals surface area contributed by atoms with Gasteiger partial charge in [-0.25, -0.2) is 4.79 Å². The van der Waals surface area contributed by atoms with Gasteiger partial charge in [0.15, 0.2) is 0 Å². The van der Waals surface area contributed by atoms with Crippen molar-refractivity contribution in [3.63, 3.8) is 0 Å². The van der Waals surface area contributed by atoms with Crippen LogP contribution in [0.1, 0.15) is 27.6 Å². The molecule has 0 spiro atoms. The van der Waals surface area contributed by atoms with E-state index in [1.807, 2.05) is 24.0 Å². The quantitative estimate of drug-likeness (QED) is 0.792. The molecule has 132 valence electrons. The Bertz CT molecular complexity index is 769. The third kappa shape index (κ3) is 3.50. The number of aryl methyl sites for hydroxylation is 1. The summed E-state index contributed by atoms with van der Waals surface area (Å²) >= 11 is 0. The maximum Gasteiger partial charge on any atom is 0.337 e. The van der Waals surface area contributed by atoms with Gasteiger partial charge in [-0.05, 0) is 31.2 Å². The van der Waals surface area contributed by atoms with Gasteiger partial charge in [0.1, 0.15) is 0 Å². The average molecular weight is 342 g/mol. The molecule has 0 saturated carbocycles. The summed E-state index contributed by atoms with van der Waals surface area (Å²) in [6, 6.07) is 7.44. The van der Waals surface area contributed by atoms with E-state index < -0.39 is 0 Å². The molecular weight excluding hydrogens is 320 g/mol. The third-order valence-corrected chi connectivity index (χ3v) is 4.49. The van der Waals surface area contributed by atoms with Crippen LogP contribution in [-0.2, 0) is 11.8 Å². The summed E-state index contributed by atoms with van der Waals surface area (Å²) in [5, 5.41) is 4.07.